The van der Waals surface area contributed by atoms with Crippen molar-refractivity contribution in [1.82, 2.24) is 5.32 Å². The molecule has 3 unspecified atom stereocenters. The molecule has 112 valence electrons. The maximum atomic E-state index is 6.10. The van der Waals surface area contributed by atoms with Crippen molar-refractivity contribution in [3.05, 3.63) is 29.8 Å². The minimum Gasteiger partial charge on any atom is -0.486 e. The van der Waals surface area contributed by atoms with E-state index in [-0.39, 0.29) is 6.10 Å². The van der Waals surface area contributed by atoms with Gasteiger partial charge in [-0.2, -0.15) is 0 Å². The fourth-order valence-corrected chi connectivity index (χ4v) is 2.61. The van der Waals surface area contributed by atoms with Gasteiger partial charge in [-0.05, 0) is 43.0 Å². The molecule has 3 atom stereocenters. The summed E-state index contributed by atoms with van der Waals surface area (Å²) in [6, 6.07) is 8.91. The van der Waals surface area contributed by atoms with Gasteiger partial charge in [-0.25, -0.2) is 0 Å². The van der Waals surface area contributed by atoms with Crippen molar-refractivity contribution in [1.29, 1.82) is 0 Å². The van der Waals surface area contributed by atoms with Crippen molar-refractivity contribution in [3.63, 3.8) is 0 Å². The summed E-state index contributed by atoms with van der Waals surface area (Å²) in [5.74, 6) is 1.55. The van der Waals surface area contributed by atoms with Crippen molar-refractivity contribution in [2.75, 3.05) is 19.8 Å². The zero-order valence-electron chi connectivity index (χ0n) is 12.9. The molecule has 0 bridgehead atoms. The summed E-state index contributed by atoms with van der Waals surface area (Å²) in [6.07, 6.45) is 2.29. The van der Waals surface area contributed by atoms with E-state index in [1.54, 1.807) is 0 Å². The first kappa shape index (κ1) is 15.3. The number of benzene rings is 1. The predicted octanol–water partition coefficient (Wildman–Crippen LogP) is 3.35. The third kappa shape index (κ3) is 3.97. The molecular weight excluding hydrogens is 250 g/mol. The van der Waals surface area contributed by atoms with E-state index in [1.807, 2.05) is 0 Å². The lowest BCUT2D eigenvalue weighted by Gasteiger charge is -2.32. The molecular formula is C17H27NO2. The van der Waals surface area contributed by atoms with Gasteiger partial charge in [0.1, 0.15) is 11.9 Å². The molecule has 1 heterocycles. The lowest BCUT2D eigenvalue weighted by Crippen LogP contribution is -2.49. The molecule has 20 heavy (non-hydrogen) atoms. The molecule has 0 spiro atoms. The van der Waals surface area contributed by atoms with Gasteiger partial charge in [0.2, 0.25) is 0 Å². The highest BCUT2D eigenvalue weighted by Crippen LogP contribution is 2.23. The van der Waals surface area contributed by atoms with Crippen molar-refractivity contribution >= 4 is 0 Å². The Kier molecular flexibility index (Phi) is 5.86. The van der Waals surface area contributed by atoms with Crippen LogP contribution in [0.15, 0.2) is 24.3 Å². The molecule has 1 fully saturated rings. The Balaban J connectivity index is 1.97. The Bertz CT molecular complexity index is 388. The molecule has 2 rings (SSSR count). The highest BCUT2D eigenvalue weighted by Gasteiger charge is 2.26. The van der Waals surface area contributed by atoms with Crippen LogP contribution in [0.1, 0.15) is 45.1 Å². The van der Waals surface area contributed by atoms with Crippen LogP contribution >= 0.6 is 0 Å². The van der Waals surface area contributed by atoms with Crippen molar-refractivity contribution in [2.24, 2.45) is 0 Å². The quantitative estimate of drug-likeness (QED) is 0.865. The van der Waals surface area contributed by atoms with Crippen molar-refractivity contribution in [2.45, 2.75) is 51.7 Å². The minimum absolute atomic E-state index is 0.109. The number of rotatable bonds is 6. The maximum absolute atomic E-state index is 6.10. The lowest BCUT2D eigenvalue weighted by molar-refractivity contribution is -0.0143. The van der Waals surface area contributed by atoms with Gasteiger partial charge >= 0.3 is 0 Å². The van der Waals surface area contributed by atoms with Crippen LogP contribution in [0.3, 0.4) is 0 Å². The maximum Gasteiger partial charge on any atom is 0.137 e. The SMILES string of the molecule is CCNC1CCOCC1Oc1ccc(C(C)CC)cc1. The highest BCUT2D eigenvalue weighted by molar-refractivity contribution is 5.29. The van der Waals surface area contributed by atoms with Crippen molar-refractivity contribution < 1.29 is 9.47 Å². The average molecular weight is 277 g/mol. The fraction of sp³-hybridized carbons (Fsp3) is 0.647. The predicted molar refractivity (Wildman–Crippen MR) is 82.5 cm³/mol. The number of likely N-dealkylation sites (N-methyl/N-ethyl adjacent to an activating group) is 1. The van der Waals surface area contributed by atoms with Gasteiger partial charge in [-0.15, -0.1) is 0 Å². The summed E-state index contributed by atoms with van der Waals surface area (Å²) in [5, 5.41) is 3.49. The molecule has 0 saturated carbocycles. The van der Waals surface area contributed by atoms with Gasteiger partial charge < -0.3 is 14.8 Å². The van der Waals surface area contributed by atoms with Crippen LogP contribution in [0.2, 0.25) is 0 Å². The standard InChI is InChI=1S/C17H27NO2/c1-4-13(3)14-6-8-15(9-7-14)20-17-12-19-11-10-16(17)18-5-2/h6-9,13,16-18H,4-5,10-12H2,1-3H3. The van der Waals surface area contributed by atoms with E-state index in [2.05, 4.69) is 50.4 Å². The summed E-state index contributed by atoms with van der Waals surface area (Å²) >= 11 is 0. The summed E-state index contributed by atoms with van der Waals surface area (Å²) in [6.45, 7) is 9.07. The van der Waals surface area contributed by atoms with Gasteiger partial charge in [-0.3, -0.25) is 0 Å². The van der Waals surface area contributed by atoms with E-state index in [1.165, 1.54) is 12.0 Å². The Labute approximate surface area is 122 Å². The molecule has 1 aromatic carbocycles. The van der Waals surface area contributed by atoms with Crippen LogP contribution < -0.4 is 10.1 Å². The van der Waals surface area contributed by atoms with E-state index in [9.17, 15) is 0 Å². The summed E-state index contributed by atoms with van der Waals surface area (Å²) < 4.78 is 11.6. The zero-order valence-corrected chi connectivity index (χ0v) is 12.9. The fourth-order valence-electron chi connectivity index (χ4n) is 2.61. The Morgan fingerprint density at radius 2 is 2.05 bits per heavy atom. The molecule has 0 aliphatic carbocycles. The molecule has 1 saturated heterocycles. The van der Waals surface area contributed by atoms with Crippen LogP contribution in [0.25, 0.3) is 0 Å². The second-order valence-electron chi connectivity index (χ2n) is 5.56. The topological polar surface area (TPSA) is 30.5 Å². The number of hydrogen-bond donors (Lipinski definition) is 1. The molecule has 0 aromatic heterocycles. The number of hydrogen-bond acceptors (Lipinski definition) is 3. The van der Waals surface area contributed by atoms with E-state index in [4.69, 9.17) is 9.47 Å². The minimum atomic E-state index is 0.109. The number of nitrogens with one attached hydrogen (secondary N) is 1. The summed E-state index contributed by atoms with van der Waals surface area (Å²) in [5.41, 5.74) is 1.38. The number of ether oxygens (including phenoxy) is 2. The molecule has 1 aliphatic rings. The monoisotopic (exact) mass is 277 g/mol. The molecule has 1 aromatic rings. The summed E-state index contributed by atoms with van der Waals surface area (Å²) in [7, 11) is 0. The first-order chi connectivity index (χ1) is 9.74. The smallest absolute Gasteiger partial charge is 0.137 e. The van der Waals surface area contributed by atoms with Crippen LogP contribution in [0, 0.1) is 0 Å². The molecule has 3 nitrogen and oxygen atoms in total. The van der Waals surface area contributed by atoms with Crippen LogP contribution in [0.4, 0.5) is 0 Å². The Hall–Kier alpha value is -1.06. The molecule has 3 heteroatoms. The first-order valence-corrected chi connectivity index (χ1v) is 7.82. The van der Waals surface area contributed by atoms with Gasteiger partial charge in [0, 0.05) is 12.6 Å². The zero-order chi connectivity index (χ0) is 14.4. The molecule has 1 aliphatic heterocycles. The van der Waals surface area contributed by atoms with Gasteiger partial charge in [-0.1, -0.05) is 32.9 Å². The second-order valence-corrected chi connectivity index (χ2v) is 5.56. The summed E-state index contributed by atoms with van der Waals surface area (Å²) in [4.78, 5) is 0. The molecule has 0 amide bonds. The Morgan fingerprint density at radius 1 is 1.30 bits per heavy atom. The van der Waals surface area contributed by atoms with E-state index in [0.717, 1.165) is 25.3 Å². The van der Waals surface area contributed by atoms with Gasteiger partial charge in [0.15, 0.2) is 0 Å². The van der Waals surface area contributed by atoms with Crippen LogP contribution in [-0.2, 0) is 4.74 Å². The van der Waals surface area contributed by atoms with Crippen molar-refractivity contribution in [3.8, 4) is 5.75 Å². The normalized spacial score (nSPS) is 24.4. The Morgan fingerprint density at radius 3 is 2.70 bits per heavy atom. The average Bonchev–Trinajstić information content (AvgIpc) is 2.49. The third-order valence-electron chi connectivity index (χ3n) is 4.12. The largest absolute Gasteiger partial charge is 0.486 e. The van der Waals surface area contributed by atoms with Crippen LogP contribution in [-0.4, -0.2) is 31.9 Å². The van der Waals surface area contributed by atoms with E-state index in [0.29, 0.717) is 18.6 Å². The highest BCUT2D eigenvalue weighted by atomic mass is 16.5. The lowest BCUT2D eigenvalue weighted by atomic mass is 9.99. The molecule has 1 N–H and O–H groups in total. The van der Waals surface area contributed by atoms with Gasteiger partial charge in [0.05, 0.1) is 6.61 Å². The van der Waals surface area contributed by atoms with E-state index < -0.39 is 0 Å². The first-order valence-electron chi connectivity index (χ1n) is 7.82. The second kappa shape index (κ2) is 7.65. The molecule has 0 radical (unpaired) electrons. The van der Waals surface area contributed by atoms with Gasteiger partial charge in [0.25, 0.3) is 0 Å². The third-order valence-corrected chi connectivity index (χ3v) is 4.12. The van der Waals surface area contributed by atoms with Crippen LogP contribution in [0.5, 0.6) is 5.75 Å². The van der Waals surface area contributed by atoms with E-state index >= 15 is 0 Å².